The lowest BCUT2D eigenvalue weighted by Crippen LogP contribution is -2.50. The topological polar surface area (TPSA) is 110 Å². The van der Waals surface area contributed by atoms with Crippen molar-refractivity contribution < 1.29 is 9.53 Å². The Morgan fingerprint density at radius 2 is 1.76 bits per heavy atom. The lowest BCUT2D eigenvalue weighted by atomic mass is 9.86. The minimum atomic E-state index is -1.08. The molecule has 2 unspecified atom stereocenters. The molecule has 10 heteroatoms. The fourth-order valence-corrected chi connectivity index (χ4v) is 6.57. The summed E-state index contributed by atoms with van der Waals surface area (Å²) in [7, 11) is 0. The van der Waals surface area contributed by atoms with Gasteiger partial charge in [0, 0.05) is 51.7 Å². The van der Waals surface area contributed by atoms with E-state index < -0.39 is 17.2 Å². The van der Waals surface area contributed by atoms with E-state index in [0.717, 1.165) is 36.4 Å². The Labute approximate surface area is 265 Å². The minimum Gasteiger partial charge on any atom is -0.484 e. The van der Waals surface area contributed by atoms with E-state index in [2.05, 4.69) is 20.9 Å². The smallest absolute Gasteiger partial charge is 0.260 e. The maximum Gasteiger partial charge on any atom is 0.260 e. The molecule has 0 bridgehead atoms. The molecule has 228 valence electrons. The van der Waals surface area contributed by atoms with E-state index in [1.807, 2.05) is 69.3 Å². The molecule has 0 spiro atoms. The first kappa shape index (κ1) is 29.0. The monoisotopic (exact) mass is 620 g/mol. The number of aryl methyl sites for hydroxylation is 1. The Morgan fingerprint density at radius 3 is 2.51 bits per heavy atom. The summed E-state index contributed by atoms with van der Waals surface area (Å²) in [6.45, 7) is 7.52. The van der Waals surface area contributed by atoms with Crippen LogP contribution in [0.2, 0.25) is 5.02 Å². The second-order valence-corrected chi connectivity index (χ2v) is 12.6. The third-order valence-corrected chi connectivity index (χ3v) is 8.76. The number of anilines is 3. The SMILES string of the molecule is Cc1ccc(-c2cc3cnc(Nc4ccc(NC5CCNC5)cc4)nc3n(C3C(=O)c4ccccc4OC3(C)C)c2=O)c(Cl)c1. The van der Waals surface area contributed by atoms with Crippen LogP contribution in [0.25, 0.3) is 22.2 Å². The standard InChI is InChI=1S/C35H33ClN6O3/c1-20-8-13-25(28(36)16-20)27-17-21-18-38-34(40-23-11-9-22(10-12-23)39-24-14-15-37-19-24)41-32(21)42(33(27)44)31-30(43)26-6-4-5-7-29(26)45-35(31,2)3/h4-13,16-18,24,31,37,39H,14-15,19H2,1-3H3,(H,38,40,41). The largest absolute Gasteiger partial charge is 0.484 e. The molecule has 0 aliphatic carbocycles. The van der Waals surface area contributed by atoms with Crippen molar-refractivity contribution in [3.8, 4) is 16.9 Å². The zero-order valence-electron chi connectivity index (χ0n) is 25.2. The number of para-hydroxylation sites is 1. The number of ether oxygens (including phenoxy) is 1. The summed E-state index contributed by atoms with van der Waals surface area (Å²) in [4.78, 5) is 38.1. The number of halogens is 1. The molecule has 0 saturated carbocycles. The van der Waals surface area contributed by atoms with Crippen LogP contribution in [0.4, 0.5) is 17.3 Å². The van der Waals surface area contributed by atoms with Crippen molar-refractivity contribution in [2.24, 2.45) is 0 Å². The zero-order valence-corrected chi connectivity index (χ0v) is 26.0. The van der Waals surface area contributed by atoms with Crippen molar-refractivity contribution in [2.45, 2.75) is 44.9 Å². The van der Waals surface area contributed by atoms with Gasteiger partial charge < -0.3 is 20.7 Å². The van der Waals surface area contributed by atoms with E-state index in [1.165, 1.54) is 4.57 Å². The van der Waals surface area contributed by atoms with Gasteiger partial charge in [0.15, 0.2) is 5.78 Å². The summed E-state index contributed by atoms with van der Waals surface area (Å²) in [5.41, 5.74) is 2.95. The third-order valence-electron chi connectivity index (χ3n) is 8.45. The number of aromatic nitrogens is 3. The van der Waals surface area contributed by atoms with Gasteiger partial charge in [-0.3, -0.25) is 14.2 Å². The number of carbonyl (C=O) groups excluding carboxylic acids is 1. The molecule has 0 radical (unpaired) electrons. The molecular weight excluding hydrogens is 588 g/mol. The van der Waals surface area contributed by atoms with Crippen LogP contribution >= 0.6 is 11.6 Å². The quantitative estimate of drug-likeness (QED) is 0.196. The van der Waals surface area contributed by atoms with Gasteiger partial charge in [-0.15, -0.1) is 0 Å². The number of hydrogen-bond donors (Lipinski definition) is 3. The van der Waals surface area contributed by atoms with Crippen molar-refractivity contribution in [1.29, 1.82) is 0 Å². The molecule has 0 amide bonds. The van der Waals surface area contributed by atoms with Gasteiger partial charge in [0.1, 0.15) is 23.0 Å². The normalized spacial score (nSPS) is 18.8. The molecule has 3 aromatic carbocycles. The van der Waals surface area contributed by atoms with Crippen LogP contribution in [-0.4, -0.2) is 45.1 Å². The first-order valence-electron chi connectivity index (χ1n) is 15.0. The van der Waals surface area contributed by atoms with E-state index in [-0.39, 0.29) is 5.78 Å². The minimum absolute atomic E-state index is 0.230. The summed E-state index contributed by atoms with van der Waals surface area (Å²) in [5.74, 6) is 0.545. The van der Waals surface area contributed by atoms with E-state index >= 15 is 0 Å². The van der Waals surface area contributed by atoms with Crippen LogP contribution in [0.5, 0.6) is 5.75 Å². The summed E-state index contributed by atoms with van der Waals surface area (Å²) in [5, 5.41) is 11.2. The molecule has 7 rings (SSSR count). The van der Waals surface area contributed by atoms with E-state index in [4.69, 9.17) is 21.3 Å². The van der Waals surface area contributed by atoms with Crippen molar-refractivity contribution in [3.05, 3.63) is 105 Å². The number of carbonyl (C=O) groups is 1. The Balaban J connectivity index is 1.35. The number of fused-ring (bicyclic) bond motifs is 2. The Morgan fingerprint density at radius 1 is 0.978 bits per heavy atom. The number of benzene rings is 3. The second kappa shape index (κ2) is 11.3. The van der Waals surface area contributed by atoms with E-state index in [0.29, 0.717) is 50.5 Å². The van der Waals surface area contributed by atoms with Crippen molar-refractivity contribution in [3.63, 3.8) is 0 Å². The highest BCUT2D eigenvalue weighted by atomic mass is 35.5. The highest BCUT2D eigenvalue weighted by molar-refractivity contribution is 6.33. The van der Waals surface area contributed by atoms with Crippen LogP contribution in [0, 0.1) is 6.92 Å². The maximum absolute atomic E-state index is 14.5. The molecule has 2 aliphatic rings. The fourth-order valence-electron chi connectivity index (χ4n) is 6.23. The van der Waals surface area contributed by atoms with Crippen molar-refractivity contribution in [1.82, 2.24) is 19.9 Å². The fraction of sp³-hybridized carbons (Fsp3) is 0.257. The highest BCUT2D eigenvalue weighted by Gasteiger charge is 2.46. The number of nitrogens with zero attached hydrogens (tertiary/aromatic N) is 3. The van der Waals surface area contributed by atoms with Gasteiger partial charge >= 0.3 is 0 Å². The molecule has 2 atom stereocenters. The third kappa shape index (κ3) is 5.43. The number of hydrogen-bond acceptors (Lipinski definition) is 8. The average Bonchev–Trinajstić information content (AvgIpc) is 3.52. The summed E-state index contributed by atoms with van der Waals surface area (Å²) < 4.78 is 7.81. The molecule has 1 saturated heterocycles. The van der Waals surface area contributed by atoms with Gasteiger partial charge in [0.25, 0.3) is 5.56 Å². The van der Waals surface area contributed by atoms with Crippen molar-refractivity contribution >= 4 is 45.7 Å². The van der Waals surface area contributed by atoms with Gasteiger partial charge in [0.05, 0.1) is 5.56 Å². The molecular formula is C35H33ClN6O3. The van der Waals surface area contributed by atoms with Crippen molar-refractivity contribution in [2.75, 3.05) is 23.7 Å². The molecule has 5 aromatic rings. The molecule has 9 nitrogen and oxygen atoms in total. The molecule has 45 heavy (non-hydrogen) atoms. The van der Waals surface area contributed by atoms with Gasteiger partial charge in [-0.2, -0.15) is 4.98 Å². The molecule has 4 heterocycles. The number of ketones is 1. The zero-order chi connectivity index (χ0) is 31.3. The Kier molecular flexibility index (Phi) is 7.30. The van der Waals surface area contributed by atoms with Gasteiger partial charge in [-0.05, 0) is 87.8 Å². The molecule has 3 N–H and O–H groups in total. The van der Waals surface area contributed by atoms with Gasteiger partial charge in [-0.25, -0.2) is 4.98 Å². The van der Waals surface area contributed by atoms with Crippen LogP contribution in [0.15, 0.2) is 83.8 Å². The van der Waals surface area contributed by atoms with Crippen LogP contribution in [0.3, 0.4) is 0 Å². The lowest BCUT2D eigenvalue weighted by Gasteiger charge is -2.39. The van der Waals surface area contributed by atoms with Gasteiger partial charge in [-0.1, -0.05) is 35.9 Å². The number of rotatable bonds is 6. The van der Waals surface area contributed by atoms with E-state index in [9.17, 15) is 9.59 Å². The number of Topliss-reactive ketones (excluding diaryl/α,β-unsaturated/α-hetero) is 1. The van der Waals surface area contributed by atoms with Crippen LogP contribution in [0.1, 0.15) is 42.2 Å². The predicted octanol–water partition coefficient (Wildman–Crippen LogP) is 6.53. The first-order valence-corrected chi connectivity index (χ1v) is 15.4. The maximum atomic E-state index is 14.5. The molecule has 2 aliphatic heterocycles. The van der Waals surface area contributed by atoms with Crippen LogP contribution in [-0.2, 0) is 0 Å². The first-order chi connectivity index (χ1) is 21.7. The molecule has 1 fully saturated rings. The summed E-state index contributed by atoms with van der Waals surface area (Å²) in [6, 6.07) is 21.7. The van der Waals surface area contributed by atoms with Gasteiger partial charge in [0.2, 0.25) is 5.95 Å². The summed E-state index contributed by atoms with van der Waals surface area (Å²) >= 11 is 6.66. The lowest BCUT2D eigenvalue weighted by molar-refractivity contribution is 0.0305. The number of nitrogens with one attached hydrogen (secondary N) is 3. The average molecular weight is 621 g/mol. The Bertz CT molecular complexity index is 2000. The van der Waals surface area contributed by atoms with E-state index in [1.54, 1.807) is 30.5 Å². The van der Waals surface area contributed by atoms with Crippen LogP contribution < -0.4 is 26.2 Å². The Hall–Kier alpha value is -4.73. The second-order valence-electron chi connectivity index (χ2n) is 12.2. The predicted molar refractivity (Wildman–Crippen MR) is 178 cm³/mol. The number of pyridine rings is 1. The summed E-state index contributed by atoms with van der Waals surface area (Å²) in [6.07, 6.45) is 2.74. The molecule has 2 aromatic heterocycles. The highest BCUT2D eigenvalue weighted by Crippen LogP contribution is 2.40.